The van der Waals surface area contributed by atoms with Crippen molar-refractivity contribution < 1.29 is 22.6 Å². The number of hydrogen-bond donors (Lipinski definition) is 0. The van der Waals surface area contributed by atoms with Gasteiger partial charge in [0, 0.05) is 35.1 Å². The second-order valence-electron chi connectivity index (χ2n) is 11.2. The average molecular weight is 569 g/mol. The van der Waals surface area contributed by atoms with E-state index >= 15 is 0 Å². The number of sulfonamides is 1. The molecule has 3 aliphatic rings. The van der Waals surface area contributed by atoms with Crippen molar-refractivity contribution in [1.29, 1.82) is 0 Å². The van der Waals surface area contributed by atoms with Gasteiger partial charge in [0.25, 0.3) is 0 Å². The van der Waals surface area contributed by atoms with Crippen molar-refractivity contribution in [2.75, 3.05) is 19.8 Å². The molecule has 3 fully saturated rings. The second kappa shape index (κ2) is 10.2. The molecule has 1 aliphatic heterocycles. The molecule has 0 N–H and O–H groups in total. The molecule has 0 bridgehead atoms. The number of hydrogen-bond acceptors (Lipinski definition) is 6. The molecule has 0 unspecified atom stereocenters. The van der Waals surface area contributed by atoms with E-state index in [2.05, 4.69) is 11.1 Å². The molecule has 0 radical (unpaired) electrons. The van der Waals surface area contributed by atoms with Crippen LogP contribution in [0.5, 0.6) is 5.75 Å². The highest BCUT2D eigenvalue weighted by atomic mass is 35.5. The van der Waals surface area contributed by atoms with Gasteiger partial charge in [0.15, 0.2) is 0 Å². The summed E-state index contributed by atoms with van der Waals surface area (Å²) in [6.07, 6.45) is 7.81. The molecular weight excluding hydrogens is 536 g/mol. The molecule has 1 aromatic heterocycles. The van der Waals surface area contributed by atoms with Crippen molar-refractivity contribution in [2.45, 2.75) is 68.3 Å². The molecule has 1 saturated heterocycles. The Hall–Kier alpha value is -2.49. The Morgan fingerprint density at radius 1 is 1.10 bits per heavy atom. The summed E-state index contributed by atoms with van der Waals surface area (Å²) >= 11 is 6.55. The number of benzene rings is 2. The van der Waals surface area contributed by atoms with Crippen LogP contribution in [0.25, 0.3) is 11.1 Å². The van der Waals surface area contributed by atoms with Gasteiger partial charge in [-0.05, 0) is 81.0 Å². The van der Waals surface area contributed by atoms with Gasteiger partial charge in [-0.1, -0.05) is 29.8 Å². The summed E-state index contributed by atoms with van der Waals surface area (Å²) in [5, 5.41) is 0.473. The van der Waals surface area contributed by atoms with Crippen LogP contribution in [0.15, 0.2) is 65.8 Å². The van der Waals surface area contributed by atoms with Gasteiger partial charge in [-0.15, -0.1) is 0 Å². The van der Waals surface area contributed by atoms with Crippen LogP contribution in [0, 0.1) is 0 Å². The predicted molar refractivity (Wildman–Crippen MR) is 149 cm³/mol. The summed E-state index contributed by atoms with van der Waals surface area (Å²) in [6.45, 7) is 4.96. The molecule has 6 rings (SSSR count). The number of morpholine rings is 1. The molecular formula is C30H33ClN2O5S. The molecule has 0 amide bonds. The van der Waals surface area contributed by atoms with Gasteiger partial charge < -0.3 is 14.2 Å². The van der Waals surface area contributed by atoms with Crippen molar-refractivity contribution in [3.8, 4) is 16.9 Å². The summed E-state index contributed by atoms with van der Waals surface area (Å²) in [4.78, 5) is 4.63. The van der Waals surface area contributed by atoms with Crippen molar-refractivity contribution >= 4 is 21.6 Å². The van der Waals surface area contributed by atoms with Crippen LogP contribution in [0.1, 0.15) is 50.7 Å². The van der Waals surface area contributed by atoms with Crippen LogP contribution >= 0.6 is 11.6 Å². The van der Waals surface area contributed by atoms with Crippen LogP contribution in [0.2, 0.25) is 5.02 Å². The lowest BCUT2D eigenvalue weighted by molar-refractivity contribution is -0.00772. The number of rotatable bonds is 9. The highest BCUT2D eigenvalue weighted by Crippen LogP contribution is 2.53. The van der Waals surface area contributed by atoms with E-state index in [1.165, 1.54) is 4.31 Å². The summed E-state index contributed by atoms with van der Waals surface area (Å²) in [7, 11) is -3.74. The van der Waals surface area contributed by atoms with Gasteiger partial charge in [0.1, 0.15) is 5.75 Å². The third-order valence-corrected chi connectivity index (χ3v) is 10.2. The van der Waals surface area contributed by atoms with Crippen LogP contribution in [-0.2, 0) is 31.7 Å². The monoisotopic (exact) mass is 568 g/mol. The molecule has 2 heterocycles. The molecule has 2 aromatic carbocycles. The molecule has 39 heavy (non-hydrogen) atoms. The van der Waals surface area contributed by atoms with E-state index < -0.39 is 21.2 Å². The third kappa shape index (κ3) is 5.33. The summed E-state index contributed by atoms with van der Waals surface area (Å²) in [5.74, 6) is 0.871. The number of halogens is 1. The summed E-state index contributed by atoms with van der Waals surface area (Å²) in [6, 6.07) is 15.0. The molecule has 206 valence electrons. The van der Waals surface area contributed by atoms with Crippen molar-refractivity contribution in [3.05, 3.63) is 77.1 Å². The largest absolute Gasteiger partial charge is 0.490 e. The van der Waals surface area contributed by atoms with Crippen LogP contribution < -0.4 is 4.74 Å². The van der Waals surface area contributed by atoms with E-state index in [-0.39, 0.29) is 17.6 Å². The van der Waals surface area contributed by atoms with Crippen LogP contribution in [0.4, 0.5) is 0 Å². The fraction of sp³-hybridized carbons (Fsp3) is 0.433. The van der Waals surface area contributed by atoms with Crippen LogP contribution in [-0.4, -0.2) is 49.1 Å². The van der Waals surface area contributed by atoms with E-state index in [1.54, 1.807) is 24.4 Å². The molecule has 9 heteroatoms. The molecule has 2 saturated carbocycles. The molecule has 0 spiro atoms. The van der Waals surface area contributed by atoms with E-state index in [0.717, 1.165) is 48.1 Å². The number of para-hydroxylation sites is 1. The average Bonchev–Trinajstić information content (AvgIpc) is 3.85. The highest BCUT2D eigenvalue weighted by Gasteiger charge is 2.48. The maximum Gasteiger partial charge on any atom is 0.243 e. The van der Waals surface area contributed by atoms with Crippen molar-refractivity contribution in [3.63, 3.8) is 0 Å². The Kier molecular flexibility index (Phi) is 6.96. The molecule has 0 atom stereocenters. The second-order valence-corrected chi connectivity index (χ2v) is 13.5. The minimum atomic E-state index is -3.74. The molecule has 7 nitrogen and oxygen atoms in total. The predicted octanol–water partition coefficient (Wildman–Crippen LogP) is 5.95. The quantitative estimate of drug-likeness (QED) is 0.317. The number of nitrogens with zero attached hydrogens (tertiary/aromatic N) is 2. The van der Waals surface area contributed by atoms with E-state index in [4.69, 9.17) is 25.8 Å². The van der Waals surface area contributed by atoms with Crippen molar-refractivity contribution in [2.24, 2.45) is 0 Å². The normalized spacial score (nSPS) is 20.5. The minimum absolute atomic E-state index is 0.184. The molecule has 3 aromatic rings. The number of pyridine rings is 1. The van der Waals surface area contributed by atoms with Gasteiger partial charge in [0.2, 0.25) is 10.0 Å². The van der Waals surface area contributed by atoms with Gasteiger partial charge in [-0.3, -0.25) is 4.98 Å². The Morgan fingerprint density at radius 2 is 1.90 bits per heavy atom. The Bertz CT molecular complexity index is 1480. The third-order valence-electron chi connectivity index (χ3n) is 7.69. The Morgan fingerprint density at radius 3 is 2.64 bits per heavy atom. The zero-order valence-electron chi connectivity index (χ0n) is 22.2. The fourth-order valence-corrected chi connectivity index (χ4v) is 7.19. The first-order valence-corrected chi connectivity index (χ1v) is 15.3. The Labute approximate surface area is 235 Å². The number of aromatic nitrogens is 1. The minimum Gasteiger partial charge on any atom is -0.490 e. The standard InChI is InChI=1S/C30H33ClN2O5S/c1-29(2)20-36-16-15-33(29)39(34,35)23-9-10-27(31)21(17-23)19-37-30(12-13-30)26-18-32-14-11-24(26)25-5-3-4-6-28(25)38-22-7-8-22/h3-6,9-11,14,17-18,22H,7-8,12-13,15-16,19-20H2,1-2H3. The van der Waals surface area contributed by atoms with Gasteiger partial charge in [-0.2, -0.15) is 4.31 Å². The van der Waals surface area contributed by atoms with E-state index in [9.17, 15) is 8.42 Å². The SMILES string of the molecule is CC1(C)COCCN1S(=O)(=O)c1ccc(Cl)c(COC2(c3cnccc3-c3ccccc3OC3CC3)CC2)c1. The first kappa shape index (κ1) is 26.7. The molecule has 2 aliphatic carbocycles. The maximum atomic E-state index is 13.6. The highest BCUT2D eigenvalue weighted by molar-refractivity contribution is 7.89. The topological polar surface area (TPSA) is 78.0 Å². The first-order valence-electron chi connectivity index (χ1n) is 13.4. The summed E-state index contributed by atoms with van der Waals surface area (Å²) in [5.41, 5.74) is 2.55. The Balaban J connectivity index is 1.26. The van der Waals surface area contributed by atoms with Gasteiger partial charge >= 0.3 is 0 Å². The van der Waals surface area contributed by atoms with Crippen LogP contribution in [0.3, 0.4) is 0 Å². The zero-order chi connectivity index (χ0) is 27.3. The zero-order valence-corrected chi connectivity index (χ0v) is 23.8. The maximum absolute atomic E-state index is 13.6. The smallest absolute Gasteiger partial charge is 0.243 e. The lowest BCUT2D eigenvalue weighted by atomic mass is 9.96. The lowest BCUT2D eigenvalue weighted by Gasteiger charge is -2.40. The van der Waals surface area contributed by atoms with Crippen molar-refractivity contribution in [1.82, 2.24) is 9.29 Å². The van der Waals surface area contributed by atoms with Gasteiger partial charge in [0.05, 0.1) is 42.0 Å². The lowest BCUT2D eigenvalue weighted by Crippen LogP contribution is -2.55. The first-order chi connectivity index (χ1) is 18.7. The fourth-order valence-electron chi connectivity index (χ4n) is 5.21. The summed E-state index contributed by atoms with van der Waals surface area (Å²) < 4.78 is 47.0. The number of ether oxygens (including phenoxy) is 3. The van der Waals surface area contributed by atoms with E-state index in [1.807, 2.05) is 44.3 Å². The van der Waals surface area contributed by atoms with Gasteiger partial charge in [-0.25, -0.2) is 8.42 Å². The van der Waals surface area contributed by atoms with E-state index in [0.29, 0.717) is 30.3 Å².